The molecule has 2 N–H and O–H groups in total. The van der Waals surface area contributed by atoms with Crippen LogP contribution in [0.3, 0.4) is 0 Å². The number of hydrogen-bond donors (Lipinski definition) is 2. The summed E-state index contributed by atoms with van der Waals surface area (Å²) in [4.78, 5) is 0. The Bertz CT molecular complexity index is 414. The van der Waals surface area contributed by atoms with E-state index in [1.165, 1.54) is 5.56 Å². The summed E-state index contributed by atoms with van der Waals surface area (Å²) in [6, 6.07) is 8.67. The molecule has 3 nitrogen and oxygen atoms in total. The molecule has 0 heterocycles. The molecule has 20 heavy (non-hydrogen) atoms. The summed E-state index contributed by atoms with van der Waals surface area (Å²) >= 11 is 0. The predicted molar refractivity (Wildman–Crippen MR) is 81.8 cm³/mol. The molecule has 2 rings (SSSR count). The van der Waals surface area contributed by atoms with Crippen molar-refractivity contribution in [2.45, 2.75) is 38.8 Å². The lowest BCUT2D eigenvalue weighted by atomic mass is 10.1. The molecule has 0 aliphatic heterocycles. The molecule has 2 atom stereocenters. The Labute approximate surface area is 121 Å². The van der Waals surface area contributed by atoms with Crippen LogP contribution in [0.5, 0.6) is 5.75 Å². The smallest absolute Gasteiger partial charge is 0.119 e. The van der Waals surface area contributed by atoms with Crippen molar-refractivity contribution in [3.63, 3.8) is 0 Å². The third kappa shape index (κ3) is 4.66. The van der Waals surface area contributed by atoms with Crippen LogP contribution >= 0.6 is 0 Å². The minimum absolute atomic E-state index is 0.248. The highest BCUT2D eigenvalue weighted by molar-refractivity contribution is 5.27. The van der Waals surface area contributed by atoms with Gasteiger partial charge in [-0.05, 0) is 30.5 Å². The Morgan fingerprint density at radius 2 is 2.05 bits per heavy atom. The fourth-order valence-electron chi connectivity index (χ4n) is 2.35. The average Bonchev–Trinajstić information content (AvgIpc) is 2.95. The second kappa shape index (κ2) is 8.08. The summed E-state index contributed by atoms with van der Waals surface area (Å²) < 4.78 is 5.65. The standard InChI is InChI=1S/C17H25NO2/c1-2-3-10-20-17-8-5-14(6-9-17)12-18-16-7-4-15(11-16)13-19/h4-9,15-16,18-19H,2-3,10-13H2,1H3/t15-,16+/m0/s1. The largest absolute Gasteiger partial charge is 0.494 e. The summed E-state index contributed by atoms with van der Waals surface area (Å²) in [5.74, 6) is 1.27. The first-order valence-corrected chi connectivity index (χ1v) is 7.56. The van der Waals surface area contributed by atoms with E-state index < -0.39 is 0 Å². The van der Waals surface area contributed by atoms with Gasteiger partial charge in [-0.3, -0.25) is 0 Å². The van der Waals surface area contributed by atoms with Gasteiger partial charge in [0.15, 0.2) is 0 Å². The average molecular weight is 275 g/mol. The molecule has 0 unspecified atom stereocenters. The number of rotatable bonds is 8. The fourth-order valence-corrected chi connectivity index (χ4v) is 2.35. The molecule has 0 aromatic heterocycles. The Morgan fingerprint density at radius 1 is 1.25 bits per heavy atom. The van der Waals surface area contributed by atoms with Gasteiger partial charge in [0.05, 0.1) is 6.61 Å². The Balaban J connectivity index is 1.72. The quantitative estimate of drug-likeness (QED) is 0.566. The van der Waals surface area contributed by atoms with E-state index in [9.17, 15) is 0 Å². The molecule has 0 radical (unpaired) electrons. The Morgan fingerprint density at radius 3 is 2.70 bits per heavy atom. The van der Waals surface area contributed by atoms with E-state index in [1.54, 1.807) is 0 Å². The van der Waals surface area contributed by atoms with E-state index >= 15 is 0 Å². The van der Waals surface area contributed by atoms with E-state index in [0.29, 0.717) is 12.0 Å². The first-order chi connectivity index (χ1) is 9.81. The van der Waals surface area contributed by atoms with Gasteiger partial charge in [0.2, 0.25) is 0 Å². The van der Waals surface area contributed by atoms with Gasteiger partial charge in [0, 0.05) is 25.1 Å². The number of benzene rings is 1. The number of hydrogen-bond acceptors (Lipinski definition) is 3. The normalized spacial score (nSPS) is 21.3. The molecule has 1 aliphatic carbocycles. The van der Waals surface area contributed by atoms with Crippen molar-refractivity contribution in [3.8, 4) is 5.75 Å². The molecule has 110 valence electrons. The second-order valence-electron chi connectivity index (χ2n) is 5.40. The van der Waals surface area contributed by atoms with Gasteiger partial charge in [-0.15, -0.1) is 0 Å². The van der Waals surface area contributed by atoms with Crippen molar-refractivity contribution < 1.29 is 9.84 Å². The Hall–Kier alpha value is -1.32. The van der Waals surface area contributed by atoms with E-state index in [2.05, 4.69) is 36.5 Å². The van der Waals surface area contributed by atoms with Crippen LogP contribution in [0.15, 0.2) is 36.4 Å². The molecule has 0 amide bonds. The van der Waals surface area contributed by atoms with Crippen molar-refractivity contribution in [1.82, 2.24) is 5.32 Å². The van der Waals surface area contributed by atoms with E-state index in [4.69, 9.17) is 9.84 Å². The third-order valence-corrected chi connectivity index (χ3v) is 3.67. The highest BCUT2D eigenvalue weighted by Gasteiger charge is 2.17. The minimum atomic E-state index is 0.248. The molecule has 0 saturated carbocycles. The zero-order chi connectivity index (χ0) is 14.2. The van der Waals surface area contributed by atoms with Crippen LogP contribution in [0.2, 0.25) is 0 Å². The lowest BCUT2D eigenvalue weighted by Crippen LogP contribution is -2.26. The van der Waals surface area contributed by atoms with Crippen molar-refractivity contribution in [1.29, 1.82) is 0 Å². The fraction of sp³-hybridized carbons (Fsp3) is 0.529. The summed E-state index contributed by atoms with van der Waals surface area (Å²) in [5.41, 5.74) is 1.26. The molecular weight excluding hydrogens is 250 g/mol. The van der Waals surface area contributed by atoms with Crippen LogP contribution in [0.4, 0.5) is 0 Å². The molecule has 1 aliphatic rings. The van der Waals surface area contributed by atoms with Gasteiger partial charge < -0.3 is 15.2 Å². The van der Waals surface area contributed by atoms with E-state index in [0.717, 1.165) is 38.2 Å². The second-order valence-corrected chi connectivity index (χ2v) is 5.40. The maximum atomic E-state index is 9.10. The highest BCUT2D eigenvalue weighted by Crippen LogP contribution is 2.18. The van der Waals surface area contributed by atoms with Gasteiger partial charge in [0.25, 0.3) is 0 Å². The zero-order valence-corrected chi connectivity index (χ0v) is 12.2. The van der Waals surface area contributed by atoms with Crippen LogP contribution in [-0.4, -0.2) is 24.4 Å². The lowest BCUT2D eigenvalue weighted by molar-refractivity contribution is 0.246. The van der Waals surface area contributed by atoms with E-state index in [-0.39, 0.29) is 6.61 Å². The van der Waals surface area contributed by atoms with Gasteiger partial charge in [-0.25, -0.2) is 0 Å². The van der Waals surface area contributed by atoms with Crippen molar-refractivity contribution in [2.75, 3.05) is 13.2 Å². The summed E-state index contributed by atoms with van der Waals surface area (Å²) in [6.07, 6.45) is 7.51. The summed E-state index contributed by atoms with van der Waals surface area (Å²) in [6.45, 7) is 4.06. The monoisotopic (exact) mass is 275 g/mol. The Kier molecular flexibility index (Phi) is 6.09. The molecule has 0 saturated heterocycles. The molecule has 0 bridgehead atoms. The van der Waals surface area contributed by atoms with Crippen molar-refractivity contribution in [2.24, 2.45) is 5.92 Å². The molecular formula is C17H25NO2. The van der Waals surface area contributed by atoms with Crippen LogP contribution in [0.1, 0.15) is 31.7 Å². The molecule has 1 aromatic carbocycles. The summed E-state index contributed by atoms with van der Waals surface area (Å²) in [5, 5.41) is 12.6. The van der Waals surface area contributed by atoms with Gasteiger partial charge in [-0.1, -0.05) is 37.6 Å². The number of nitrogens with one attached hydrogen (secondary N) is 1. The number of unbranched alkanes of at least 4 members (excludes halogenated alkanes) is 1. The van der Waals surface area contributed by atoms with Crippen LogP contribution in [-0.2, 0) is 6.54 Å². The molecule has 0 fully saturated rings. The SMILES string of the molecule is CCCCOc1ccc(CN[C@@H]2C=C[C@H](CO)C2)cc1. The van der Waals surface area contributed by atoms with Crippen LogP contribution < -0.4 is 10.1 Å². The third-order valence-electron chi connectivity index (χ3n) is 3.67. The first-order valence-electron chi connectivity index (χ1n) is 7.56. The molecule has 3 heteroatoms. The van der Waals surface area contributed by atoms with Gasteiger partial charge in [-0.2, -0.15) is 0 Å². The maximum absolute atomic E-state index is 9.10. The number of ether oxygens (including phenoxy) is 1. The topological polar surface area (TPSA) is 41.5 Å². The number of aliphatic hydroxyl groups is 1. The predicted octanol–water partition coefficient (Wildman–Crippen LogP) is 2.89. The van der Waals surface area contributed by atoms with E-state index in [1.807, 2.05) is 12.1 Å². The van der Waals surface area contributed by atoms with Crippen molar-refractivity contribution in [3.05, 3.63) is 42.0 Å². The first kappa shape index (κ1) is 15.1. The molecule has 0 spiro atoms. The lowest BCUT2D eigenvalue weighted by Gasteiger charge is -2.13. The van der Waals surface area contributed by atoms with Crippen LogP contribution in [0.25, 0.3) is 0 Å². The minimum Gasteiger partial charge on any atom is -0.494 e. The number of aliphatic hydroxyl groups excluding tert-OH is 1. The van der Waals surface area contributed by atoms with Gasteiger partial charge >= 0.3 is 0 Å². The highest BCUT2D eigenvalue weighted by atomic mass is 16.5. The maximum Gasteiger partial charge on any atom is 0.119 e. The van der Waals surface area contributed by atoms with Crippen molar-refractivity contribution >= 4 is 0 Å². The van der Waals surface area contributed by atoms with Crippen LogP contribution in [0, 0.1) is 5.92 Å². The summed E-state index contributed by atoms with van der Waals surface area (Å²) in [7, 11) is 0. The molecule has 1 aromatic rings. The van der Waals surface area contributed by atoms with Gasteiger partial charge in [0.1, 0.15) is 5.75 Å². The zero-order valence-electron chi connectivity index (χ0n) is 12.2.